The number of nitro groups is 1. The number of hydrogen-bond acceptors (Lipinski definition) is 5. The van der Waals surface area contributed by atoms with Crippen molar-refractivity contribution in [1.29, 1.82) is 0 Å². The third-order valence-corrected chi connectivity index (χ3v) is 4.54. The highest BCUT2D eigenvalue weighted by atomic mass is 16.6. The minimum atomic E-state index is -0.556. The van der Waals surface area contributed by atoms with Crippen molar-refractivity contribution >= 4 is 23.1 Å². The summed E-state index contributed by atoms with van der Waals surface area (Å²) < 4.78 is 1.42. The topological polar surface area (TPSA) is 93.3 Å². The van der Waals surface area contributed by atoms with Crippen LogP contribution in [0.4, 0.5) is 17.2 Å². The lowest BCUT2D eigenvalue weighted by atomic mass is 10.1. The first-order valence-electron chi connectivity index (χ1n) is 8.27. The summed E-state index contributed by atoms with van der Waals surface area (Å²) in [5.41, 5.74) is 2.30. The predicted molar refractivity (Wildman–Crippen MR) is 94.8 cm³/mol. The molecule has 1 aromatic heterocycles. The Balaban J connectivity index is 1.87. The molecule has 2 aromatic rings. The van der Waals surface area contributed by atoms with Crippen LogP contribution >= 0.6 is 0 Å². The maximum absolute atomic E-state index is 13.0. The molecular formula is C17H21N5O3. The number of aromatic nitrogens is 2. The summed E-state index contributed by atoms with van der Waals surface area (Å²) in [5.74, 6) is 0.177. The Labute approximate surface area is 145 Å². The number of nitrogens with zero attached hydrogens (tertiary/aromatic N) is 4. The number of amides is 1. The van der Waals surface area contributed by atoms with E-state index in [-0.39, 0.29) is 17.4 Å². The molecular weight excluding hydrogens is 322 g/mol. The number of carbonyl (C=O) groups excluding carboxylic acids is 1. The van der Waals surface area contributed by atoms with Gasteiger partial charge >= 0.3 is 5.69 Å². The first-order chi connectivity index (χ1) is 11.9. The van der Waals surface area contributed by atoms with Crippen molar-refractivity contribution in [2.45, 2.75) is 32.7 Å². The van der Waals surface area contributed by atoms with E-state index in [9.17, 15) is 14.9 Å². The van der Waals surface area contributed by atoms with Crippen molar-refractivity contribution < 1.29 is 9.72 Å². The second kappa shape index (κ2) is 6.54. The van der Waals surface area contributed by atoms with Crippen LogP contribution < -0.4 is 10.2 Å². The summed E-state index contributed by atoms with van der Waals surface area (Å²) in [6.45, 7) is 4.10. The van der Waals surface area contributed by atoms with E-state index in [1.54, 1.807) is 18.9 Å². The molecule has 1 amide bonds. The molecule has 0 fully saturated rings. The van der Waals surface area contributed by atoms with E-state index >= 15 is 0 Å². The van der Waals surface area contributed by atoms with Crippen molar-refractivity contribution in [3.05, 3.63) is 45.6 Å². The minimum absolute atomic E-state index is 0.0828. The van der Waals surface area contributed by atoms with E-state index in [0.717, 1.165) is 17.7 Å². The average molecular weight is 343 g/mol. The molecule has 0 bridgehead atoms. The molecule has 25 heavy (non-hydrogen) atoms. The number of benzene rings is 1. The van der Waals surface area contributed by atoms with Crippen LogP contribution in [0.25, 0.3) is 0 Å². The molecule has 132 valence electrons. The van der Waals surface area contributed by atoms with E-state index in [1.807, 2.05) is 31.2 Å². The van der Waals surface area contributed by atoms with Crippen LogP contribution in [0.5, 0.6) is 0 Å². The van der Waals surface area contributed by atoms with Gasteiger partial charge in [-0.25, -0.2) is 4.68 Å². The Kier molecular flexibility index (Phi) is 4.43. The van der Waals surface area contributed by atoms with Crippen LogP contribution in [-0.2, 0) is 18.3 Å². The Bertz CT molecular complexity index is 830. The van der Waals surface area contributed by atoms with Crippen molar-refractivity contribution in [2.75, 3.05) is 16.8 Å². The first-order valence-corrected chi connectivity index (χ1v) is 8.27. The van der Waals surface area contributed by atoms with Gasteiger partial charge in [0.2, 0.25) is 11.7 Å². The number of fused-ring (bicyclic) bond motifs is 1. The molecule has 0 saturated heterocycles. The van der Waals surface area contributed by atoms with Gasteiger partial charge in [-0.15, -0.1) is 0 Å². The van der Waals surface area contributed by atoms with Gasteiger partial charge in [0, 0.05) is 19.3 Å². The fourth-order valence-corrected chi connectivity index (χ4v) is 3.29. The zero-order chi connectivity index (χ0) is 18.1. The number of anilines is 2. The second-order valence-electron chi connectivity index (χ2n) is 6.14. The summed E-state index contributed by atoms with van der Waals surface area (Å²) in [6, 6.07) is 7.27. The normalized spacial score (nSPS) is 14.3. The van der Waals surface area contributed by atoms with Crippen LogP contribution in [-0.4, -0.2) is 33.2 Å². The Morgan fingerprint density at radius 2 is 2.16 bits per heavy atom. The molecule has 1 aromatic carbocycles. The number of nitrogens with one attached hydrogen (secondary N) is 1. The fraction of sp³-hybridized carbons (Fsp3) is 0.412. The predicted octanol–water partition coefficient (Wildman–Crippen LogP) is 2.42. The van der Waals surface area contributed by atoms with Crippen molar-refractivity contribution in [1.82, 2.24) is 9.78 Å². The van der Waals surface area contributed by atoms with Gasteiger partial charge in [0.15, 0.2) is 0 Å². The van der Waals surface area contributed by atoms with Crippen molar-refractivity contribution in [3.8, 4) is 0 Å². The molecule has 0 aliphatic carbocycles. The largest absolute Gasteiger partial charge is 0.353 e. The highest BCUT2D eigenvalue weighted by molar-refractivity contribution is 6.00. The highest BCUT2D eigenvalue weighted by Crippen LogP contribution is 2.31. The molecule has 0 spiro atoms. The summed E-state index contributed by atoms with van der Waals surface area (Å²) >= 11 is 0. The maximum atomic E-state index is 13.0. The van der Waals surface area contributed by atoms with Gasteiger partial charge in [-0.2, -0.15) is 5.10 Å². The van der Waals surface area contributed by atoms with Gasteiger partial charge in [0.25, 0.3) is 0 Å². The van der Waals surface area contributed by atoms with Gasteiger partial charge in [-0.05, 0) is 31.4 Å². The Morgan fingerprint density at radius 1 is 1.44 bits per heavy atom. The van der Waals surface area contributed by atoms with E-state index < -0.39 is 11.0 Å². The van der Waals surface area contributed by atoms with Gasteiger partial charge in [-0.3, -0.25) is 14.9 Å². The van der Waals surface area contributed by atoms with E-state index in [2.05, 4.69) is 10.4 Å². The molecule has 8 nitrogen and oxygen atoms in total. The molecule has 1 unspecified atom stereocenters. The zero-order valence-corrected chi connectivity index (χ0v) is 14.5. The number of rotatable bonds is 5. The van der Waals surface area contributed by atoms with Gasteiger partial charge in [-0.1, -0.05) is 25.1 Å². The van der Waals surface area contributed by atoms with Crippen LogP contribution in [0.1, 0.15) is 24.6 Å². The molecule has 0 saturated carbocycles. The molecule has 8 heteroatoms. The third kappa shape index (κ3) is 2.95. The Morgan fingerprint density at radius 3 is 2.84 bits per heavy atom. The SMILES string of the molecule is CCC(Nc1c([N+](=O)[O-])c(C)nn1C)C(=O)N1CCc2ccccc21. The third-order valence-electron chi connectivity index (χ3n) is 4.54. The monoisotopic (exact) mass is 343 g/mol. The zero-order valence-electron chi connectivity index (χ0n) is 14.5. The number of para-hydroxylation sites is 1. The van der Waals surface area contributed by atoms with E-state index in [4.69, 9.17) is 0 Å². The molecule has 1 aliphatic rings. The van der Waals surface area contributed by atoms with E-state index in [1.165, 1.54) is 4.68 Å². The van der Waals surface area contributed by atoms with Crippen molar-refractivity contribution in [2.24, 2.45) is 7.05 Å². The molecule has 0 radical (unpaired) electrons. The second-order valence-corrected chi connectivity index (χ2v) is 6.14. The number of aryl methyl sites for hydroxylation is 2. The summed E-state index contributed by atoms with van der Waals surface area (Å²) in [6.07, 6.45) is 1.34. The number of hydrogen-bond donors (Lipinski definition) is 1. The highest BCUT2D eigenvalue weighted by Gasteiger charge is 2.32. The maximum Gasteiger partial charge on any atom is 0.333 e. The smallest absolute Gasteiger partial charge is 0.333 e. The number of carbonyl (C=O) groups is 1. The van der Waals surface area contributed by atoms with Gasteiger partial charge in [0.1, 0.15) is 11.7 Å². The molecule has 2 heterocycles. The molecule has 3 rings (SSSR count). The van der Waals surface area contributed by atoms with Gasteiger partial charge in [0.05, 0.1) is 4.92 Å². The summed E-state index contributed by atoms with van der Waals surface area (Å²) in [4.78, 5) is 25.6. The molecule has 1 N–H and O–H groups in total. The molecule has 1 aliphatic heterocycles. The molecule has 1 atom stereocenters. The van der Waals surface area contributed by atoms with Crippen LogP contribution in [0, 0.1) is 17.0 Å². The summed E-state index contributed by atoms with van der Waals surface area (Å²) in [7, 11) is 1.63. The van der Waals surface area contributed by atoms with E-state index in [0.29, 0.717) is 18.7 Å². The lowest BCUT2D eigenvalue weighted by molar-refractivity contribution is -0.384. The lowest BCUT2D eigenvalue weighted by Gasteiger charge is -2.24. The lowest BCUT2D eigenvalue weighted by Crippen LogP contribution is -2.42. The van der Waals surface area contributed by atoms with Gasteiger partial charge < -0.3 is 10.2 Å². The van der Waals surface area contributed by atoms with Crippen LogP contribution in [0.2, 0.25) is 0 Å². The quantitative estimate of drug-likeness (QED) is 0.665. The first kappa shape index (κ1) is 16.9. The van der Waals surface area contributed by atoms with Crippen LogP contribution in [0.3, 0.4) is 0 Å². The van der Waals surface area contributed by atoms with Crippen LogP contribution in [0.15, 0.2) is 24.3 Å². The minimum Gasteiger partial charge on any atom is -0.353 e. The average Bonchev–Trinajstić information content (AvgIpc) is 3.12. The Hall–Kier alpha value is -2.90. The summed E-state index contributed by atoms with van der Waals surface area (Å²) in [5, 5.41) is 18.5. The standard InChI is InChI=1S/C17H21N5O3/c1-4-13(18-16-15(22(24)25)11(2)19-20(16)3)17(23)21-10-9-12-7-5-6-8-14(12)21/h5-8,13,18H,4,9-10H2,1-3H3. The fourth-order valence-electron chi connectivity index (χ4n) is 3.29. The van der Waals surface area contributed by atoms with Crippen molar-refractivity contribution in [3.63, 3.8) is 0 Å².